The van der Waals surface area contributed by atoms with Gasteiger partial charge in [-0.2, -0.15) is 11.8 Å². The van der Waals surface area contributed by atoms with E-state index in [1.54, 1.807) is 0 Å². The van der Waals surface area contributed by atoms with Crippen molar-refractivity contribution in [2.45, 2.75) is 12.5 Å². The average Bonchev–Trinajstić information content (AvgIpc) is 2.39. The smallest absolute Gasteiger partial charge is 0.244 e. The summed E-state index contributed by atoms with van der Waals surface area (Å²) in [7, 11) is 0. The second-order valence-corrected chi connectivity index (χ2v) is 6.37. The predicted molar refractivity (Wildman–Crippen MR) is 79.3 cm³/mol. The summed E-state index contributed by atoms with van der Waals surface area (Å²) in [5, 5.41) is 0. The standard InChI is InChI=1S/C15H20N2OS/c18-15(17-7-4-8-17)14(13-5-2-1-3-6-13)16-9-11-19-12-10-16/h1-3,5-6,14H,4,7-12H2. The number of hydrogen-bond donors (Lipinski definition) is 0. The fourth-order valence-corrected chi connectivity index (χ4v) is 3.62. The van der Waals surface area contributed by atoms with Gasteiger partial charge in [0.2, 0.25) is 5.91 Å². The molecule has 1 aromatic rings. The summed E-state index contributed by atoms with van der Waals surface area (Å²) < 4.78 is 0. The van der Waals surface area contributed by atoms with Gasteiger partial charge >= 0.3 is 0 Å². The van der Waals surface area contributed by atoms with E-state index in [9.17, 15) is 4.79 Å². The normalized spacial score (nSPS) is 21.8. The number of benzene rings is 1. The minimum atomic E-state index is -0.0672. The Bertz CT molecular complexity index is 427. The van der Waals surface area contributed by atoms with Crippen LogP contribution in [0.15, 0.2) is 30.3 Å². The summed E-state index contributed by atoms with van der Waals surface area (Å²) in [5.41, 5.74) is 1.14. The Morgan fingerprint density at radius 1 is 1.05 bits per heavy atom. The van der Waals surface area contributed by atoms with E-state index < -0.39 is 0 Å². The lowest BCUT2D eigenvalue weighted by molar-refractivity contribution is -0.140. The van der Waals surface area contributed by atoms with E-state index in [0.717, 1.165) is 49.7 Å². The van der Waals surface area contributed by atoms with Gasteiger partial charge in [0, 0.05) is 37.7 Å². The Balaban J connectivity index is 1.83. The molecule has 1 amide bonds. The van der Waals surface area contributed by atoms with Crippen LogP contribution in [-0.4, -0.2) is 53.4 Å². The molecule has 2 aliphatic heterocycles. The molecule has 1 unspecified atom stereocenters. The lowest BCUT2D eigenvalue weighted by atomic mass is 10.0. The Morgan fingerprint density at radius 3 is 2.32 bits per heavy atom. The first kappa shape index (κ1) is 13.0. The van der Waals surface area contributed by atoms with Crippen LogP contribution in [0.25, 0.3) is 0 Å². The van der Waals surface area contributed by atoms with Gasteiger partial charge in [0.05, 0.1) is 0 Å². The summed E-state index contributed by atoms with van der Waals surface area (Å²) in [4.78, 5) is 17.1. The zero-order valence-electron chi connectivity index (χ0n) is 11.1. The zero-order chi connectivity index (χ0) is 13.1. The number of rotatable bonds is 3. The number of nitrogens with zero attached hydrogens (tertiary/aromatic N) is 2. The largest absolute Gasteiger partial charge is 0.341 e. The first-order valence-electron chi connectivity index (χ1n) is 7.02. The number of thioether (sulfide) groups is 1. The monoisotopic (exact) mass is 276 g/mol. The summed E-state index contributed by atoms with van der Waals surface area (Å²) in [6.07, 6.45) is 1.16. The molecule has 102 valence electrons. The van der Waals surface area contributed by atoms with Crippen LogP contribution in [0.4, 0.5) is 0 Å². The van der Waals surface area contributed by atoms with Crippen LogP contribution in [0, 0.1) is 0 Å². The molecule has 19 heavy (non-hydrogen) atoms. The SMILES string of the molecule is O=C(C(c1ccccc1)N1CCSCC1)N1CCC1. The summed E-state index contributed by atoms with van der Waals surface area (Å²) in [6.45, 7) is 3.91. The molecule has 0 N–H and O–H groups in total. The Hall–Kier alpha value is -1.00. The third kappa shape index (κ3) is 2.79. The van der Waals surface area contributed by atoms with Crippen LogP contribution in [0.2, 0.25) is 0 Å². The van der Waals surface area contributed by atoms with Gasteiger partial charge in [-0.3, -0.25) is 9.69 Å². The topological polar surface area (TPSA) is 23.6 Å². The van der Waals surface area contributed by atoms with Crippen LogP contribution >= 0.6 is 11.8 Å². The van der Waals surface area contributed by atoms with Crippen molar-refractivity contribution in [2.24, 2.45) is 0 Å². The second kappa shape index (κ2) is 5.97. The third-order valence-electron chi connectivity index (χ3n) is 3.93. The first-order valence-corrected chi connectivity index (χ1v) is 8.17. The van der Waals surface area contributed by atoms with Crippen LogP contribution in [0.1, 0.15) is 18.0 Å². The highest BCUT2D eigenvalue weighted by molar-refractivity contribution is 7.99. The summed E-state index contributed by atoms with van der Waals surface area (Å²) >= 11 is 1.98. The highest BCUT2D eigenvalue weighted by atomic mass is 32.2. The van der Waals surface area contributed by atoms with Crippen LogP contribution < -0.4 is 0 Å². The second-order valence-electron chi connectivity index (χ2n) is 5.14. The number of likely N-dealkylation sites (tertiary alicyclic amines) is 1. The number of hydrogen-bond acceptors (Lipinski definition) is 3. The van der Waals surface area contributed by atoms with Gasteiger partial charge in [0.15, 0.2) is 0 Å². The van der Waals surface area contributed by atoms with Crippen LogP contribution in [0.5, 0.6) is 0 Å². The molecular weight excluding hydrogens is 256 g/mol. The van der Waals surface area contributed by atoms with Crippen molar-refractivity contribution in [3.63, 3.8) is 0 Å². The molecule has 4 heteroatoms. The molecule has 2 heterocycles. The van der Waals surface area contributed by atoms with Crippen molar-refractivity contribution < 1.29 is 4.79 Å². The summed E-state index contributed by atoms with van der Waals surface area (Å²) in [5.74, 6) is 2.57. The average molecular weight is 276 g/mol. The van der Waals surface area contributed by atoms with Crippen molar-refractivity contribution in [1.82, 2.24) is 9.80 Å². The molecule has 0 bridgehead atoms. The maximum Gasteiger partial charge on any atom is 0.244 e. The molecular formula is C15H20N2OS. The fourth-order valence-electron chi connectivity index (χ4n) is 2.69. The van der Waals surface area contributed by atoms with Crippen molar-refractivity contribution >= 4 is 17.7 Å². The maximum absolute atomic E-state index is 12.7. The van der Waals surface area contributed by atoms with E-state index in [-0.39, 0.29) is 6.04 Å². The van der Waals surface area contributed by atoms with Gasteiger partial charge in [0.1, 0.15) is 6.04 Å². The van der Waals surface area contributed by atoms with Crippen molar-refractivity contribution in [2.75, 3.05) is 37.7 Å². The van der Waals surface area contributed by atoms with E-state index in [1.807, 2.05) is 34.9 Å². The van der Waals surface area contributed by atoms with E-state index in [2.05, 4.69) is 17.0 Å². The molecule has 0 aliphatic carbocycles. The van der Waals surface area contributed by atoms with E-state index in [4.69, 9.17) is 0 Å². The number of amides is 1. The van der Waals surface area contributed by atoms with Crippen molar-refractivity contribution in [3.8, 4) is 0 Å². The third-order valence-corrected chi connectivity index (χ3v) is 4.87. The van der Waals surface area contributed by atoms with Crippen molar-refractivity contribution in [1.29, 1.82) is 0 Å². The van der Waals surface area contributed by atoms with E-state index >= 15 is 0 Å². The van der Waals surface area contributed by atoms with E-state index in [1.165, 1.54) is 0 Å². The maximum atomic E-state index is 12.7. The molecule has 3 rings (SSSR count). The van der Waals surface area contributed by atoms with Gasteiger partial charge in [-0.25, -0.2) is 0 Å². The number of carbonyl (C=O) groups is 1. The van der Waals surface area contributed by atoms with Gasteiger partial charge in [-0.1, -0.05) is 30.3 Å². The minimum Gasteiger partial charge on any atom is -0.341 e. The molecule has 1 aromatic carbocycles. The van der Waals surface area contributed by atoms with Gasteiger partial charge in [-0.05, 0) is 12.0 Å². The Morgan fingerprint density at radius 2 is 1.74 bits per heavy atom. The molecule has 2 saturated heterocycles. The van der Waals surface area contributed by atoms with Gasteiger partial charge in [-0.15, -0.1) is 0 Å². The quantitative estimate of drug-likeness (QED) is 0.844. The molecule has 2 fully saturated rings. The Kier molecular flexibility index (Phi) is 4.09. The molecule has 1 atom stereocenters. The number of carbonyl (C=O) groups excluding carboxylic acids is 1. The highest BCUT2D eigenvalue weighted by Crippen LogP contribution is 2.27. The van der Waals surface area contributed by atoms with Crippen molar-refractivity contribution in [3.05, 3.63) is 35.9 Å². The molecule has 0 saturated carbocycles. The molecule has 2 aliphatic rings. The fraction of sp³-hybridized carbons (Fsp3) is 0.533. The molecule has 0 radical (unpaired) electrons. The predicted octanol–water partition coefficient (Wildman–Crippen LogP) is 2.01. The van der Waals surface area contributed by atoms with E-state index in [0.29, 0.717) is 5.91 Å². The molecule has 3 nitrogen and oxygen atoms in total. The molecule has 0 aromatic heterocycles. The van der Waals surface area contributed by atoms with Crippen LogP contribution in [-0.2, 0) is 4.79 Å². The minimum absolute atomic E-state index is 0.0672. The Labute approximate surface area is 119 Å². The van der Waals surface area contributed by atoms with Crippen LogP contribution in [0.3, 0.4) is 0 Å². The van der Waals surface area contributed by atoms with Gasteiger partial charge < -0.3 is 4.90 Å². The lowest BCUT2D eigenvalue weighted by Crippen LogP contribution is -2.50. The zero-order valence-corrected chi connectivity index (χ0v) is 11.9. The molecule has 0 spiro atoms. The lowest BCUT2D eigenvalue weighted by Gasteiger charge is -2.39. The van der Waals surface area contributed by atoms with Gasteiger partial charge in [0.25, 0.3) is 0 Å². The highest BCUT2D eigenvalue weighted by Gasteiger charge is 2.33. The summed E-state index contributed by atoms with van der Waals surface area (Å²) in [6, 6.07) is 10.2. The first-order chi connectivity index (χ1) is 9.36.